The lowest BCUT2D eigenvalue weighted by molar-refractivity contribution is 0.777. The van der Waals surface area contributed by atoms with Crippen molar-refractivity contribution in [2.24, 2.45) is 0 Å². The molecule has 0 amide bonds. The molecule has 3 heterocycles. The molecular weight excluding hydrogens is 202 g/mol. The number of hydrogen-bond donors (Lipinski definition) is 0. The van der Waals surface area contributed by atoms with Crippen LogP contribution in [-0.2, 0) is 0 Å². The van der Waals surface area contributed by atoms with E-state index in [0.717, 1.165) is 22.7 Å². The van der Waals surface area contributed by atoms with Crippen LogP contribution in [0.5, 0.6) is 0 Å². The smallest absolute Gasteiger partial charge is 0.159 e. The minimum atomic E-state index is 0.836. The molecule has 0 spiro atoms. The molecule has 0 aliphatic carbocycles. The zero-order chi connectivity index (χ0) is 11.1. The van der Waals surface area contributed by atoms with E-state index in [9.17, 15) is 0 Å². The van der Waals surface area contributed by atoms with Crippen LogP contribution in [0.2, 0.25) is 0 Å². The van der Waals surface area contributed by atoms with Crippen molar-refractivity contribution >= 4 is 5.65 Å². The first-order chi connectivity index (χ1) is 7.74. The van der Waals surface area contributed by atoms with E-state index >= 15 is 0 Å². The van der Waals surface area contributed by atoms with Crippen LogP contribution >= 0.6 is 0 Å². The largest absolute Gasteiger partial charge is 0.234 e. The Hall–Kier alpha value is -2.17. The van der Waals surface area contributed by atoms with Gasteiger partial charge in [-0.2, -0.15) is 14.7 Å². The van der Waals surface area contributed by atoms with Gasteiger partial charge in [0.05, 0.1) is 12.4 Å². The molecule has 16 heavy (non-hydrogen) atoms. The van der Waals surface area contributed by atoms with Gasteiger partial charge in [0, 0.05) is 24.0 Å². The van der Waals surface area contributed by atoms with Gasteiger partial charge < -0.3 is 0 Å². The monoisotopic (exact) mass is 213 g/mol. The van der Waals surface area contributed by atoms with Crippen LogP contribution in [0.25, 0.3) is 11.5 Å². The fourth-order valence-electron chi connectivity index (χ4n) is 1.72. The van der Waals surface area contributed by atoms with Gasteiger partial charge in [0.1, 0.15) is 0 Å². The fourth-order valence-corrected chi connectivity index (χ4v) is 1.72. The molecule has 5 nitrogen and oxygen atoms in total. The molecule has 0 bridgehead atoms. The number of rotatable bonds is 1. The second kappa shape index (κ2) is 3.16. The summed E-state index contributed by atoms with van der Waals surface area (Å²) < 4.78 is 3.59. The van der Waals surface area contributed by atoms with E-state index in [0.29, 0.717) is 0 Å². The Labute approximate surface area is 92.4 Å². The minimum Gasteiger partial charge on any atom is -0.234 e. The molecule has 3 aromatic rings. The van der Waals surface area contributed by atoms with Gasteiger partial charge in [0.15, 0.2) is 11.5 Å². The number of hydrogen-bond acceptors (Lipinski definition) is 3. The van der Waals surface area contributed by atoms with Gasteiger partial charge in [-0.3, -0.25) is 0 Å². The Bertz CT molecular complexity index is 649. The van der Waals surface area contributed by atoms with Crippen LogP contribution in [0, 0.1) is 13.8 Å². The van der Waals surface area contributed by atoms with Gasteiger partial charge in [-0.15, -0.1) is 0 Å². The van der Waals surface area contributed by atoms with Gasteiger partial charge in [-0.1, -0.05) is 0 Å². The predicted molar refractivity (Wildman–Crippen MR) is 59.6 cm³/mol. The van der Waals surface area contributed by atoms with Gasteiger partial charge in [0.25, 0.3) is 0 Å². The van der Waals surface area contributed by atoms with Crippen molar-refractivity contribution < 1.29 is 0 Å². The summed E-state index contributed by atoms with van der Waals surface area (Å²) in [5, 5.41) is 8.52. The van der Waals surface area contributed by atoms with Crippen LogP contribution in [-0.4, -0.2) is 24.4 Å². The molecule has 0 radical (unpaired) electrons. The Balaban J connectivity index is 2.33. The predicted octanol–water partition coefficient (Wildman–Crippen LogP) is 1.53. The Kier molecular flexibility index (Phi) is 1.80. The first kappa shape index (κ1) is 9.08. The van der Waals surface area contributed by atoms with E-state index in [-0.39, 0.29) is 0 Å². The molecule has 0 N–H and O–H groups in total. The maximum Gasteiger partial charge on any atom is 0.159 e. The van der Waals surface area contributed by atoms with Gasteiger partial charge >= 0.3 is 0 Å². The summed E-state index contributed by atoms with van der Waals surface area (Å²) in [5.74, 6) is 0.903. The van der Waals surface area contributed by atoms with Crippen LogP contribution in [0.15, 0.2) is 30.7 Å². The number of fused-ring (bicyclic) bond motifs is 1. The van der Waals surface area contributed by atoms with Crippen LogP contribution in [0.3, 0.4) is 0 Å². The van der Waals surface area contributed by atoms with Crippen molar-refractivity contribution in [2.45, 2.75) is 13.8 Å². The van der Waals surface area contributed by atoms with E-state index in [1.54, 1.807) is 10.7 Å². The van der Waals surface area contributed by atoms with Gasteiger partial charge in [0.2, 0.25) is 0 Å². The van der Waals surface area contributed by atoms with Crippen molar-refractivity contribution in [3.63, 3.8) is 0 Å². The lowest BCUT2D eigenvalue weighted by atomic mass is 10.4. The summed E-state index contributed by atoms with van der Waals surface area (Å²) in [7, 11) is 0. The van der Waals surface area contributed by atoms with Crippen LogP contribution < -0.4 is 0 Å². The summed E-state index contributed by atoms with van der Waals surface area (Å²) in [5.41, 5.74) is 2.91. The van der Waals surface area contributed by atoms with E-state index in [1.807, 2.05) is 43.1 Å². The maximum atomic E-state index is 4.39. The molecular formula is C11H11N5. The standard InChI is InChI=1S/C11H11N5/c1-8-6-13-15(7-8)11-5-9(2)14-10-3-4-12-16(10)11/h3-7H,1-2H3. The molecule has 0 aliphatic heterocycles. The molecule has 5 heteroatoms. The highest BCUT2D eigenvalue weighted by Gasteiger charge is 2.06. The molecule has 0 unspecified atom stereocenters. The van der Waals surface area contributed by atoms with E-state index < -0.39 is 0 Å². The van der Waals surface area contributed by atoms with Crippen LogP contribution in [0.1, 0.15) is 11.3 Å². The van der Waals surface area contributed by atoms with E-state index in [1.165, 1.54) is 0 Å². The molecule has 3 rings (SSSR count). The van der Waals surface area contributed by atoms with Crippen LogP contribution in [0.4, 0.5) is 0 Å². The third-order valence-electron chi connectivity index (χ3n) is 2.42. The molecule has 80 valence electrons. The summed E-state index contributed by atoms with van der Waals surface area (Å²) in [6.07, 6.45) is 5.53. The van der Waals surface area contributed by atoms with Gasteiger partial charge in [-0.25, -0.2) is 9.67 Å². The molecule has 0 atom stereocenters. The number of aromatic nitrogens is 5. The third kappa shape index (κ3) is 1.29. The topological polar surface area (TPSA) is 48.0 Å². The van der Waals surface area contributed by atoms with E-state index in [4.69, 9.17) is 0 Å². The second-order valence-corrected chi connectivity index (χ2v) is 3.82. The highest BCUT2D eigenvalue weighted by molar-refractivity contribution is 5.43. The summed E-state index contributed by atoms with van der Waals surface area (Å²) in [6, 6.07) is 3.85. The summed E-state index contributed by atoms with van der Waals surface area (Å²) in [4.78, 5) is 4.39. The number of nitrogens with zero attached hydrogens (tertiary/aromatic N) is 5. The van der Waals surface area contributed by atoms with Crippen molar-refractivity contribution in [1.29, 1.82) is 0 Å². The molecule has 0 saturated heterocycles. The lowest BCUT2D eigenvalue weighted by Crippen LogP contribution is -2.05. The molecule has 0 aromatic carbocycles. The highest BCUT2D eigenvalue weighted by atomic mass is 15.4. The minimum absolute atomic E-state index is 0.836. The van der Waals surface area contributed by atoms with Crippen molar-refractivity contribution in [3.05, 3.63) is 42.0 Å². The average Bonchev–Trinajstić information content (AvgIpc) is 2.84. The third-order valence-corrected chi connectivity index (χ3v) is 2.42. The highest BCUT2D eigenvalue weighted by Crippen LogP contribution is 2.11. The molecule has 0 fully saturated rings. The average molecular weight is 213 g/mol. The van der Waals surface area contributed by atoms with E-state index in [2.05, 4.69) is 15.2 Å². The maximum absolute atomic E-state index is 4.39. The Morgan fingerprint density at radius 1 is 1.19 bits per heavy atom. The lowest BCUT2D eigenvalue weighted by Gasteiger charge is -2.05. The molecule has 0 aliphatic rings. The molecule has 0 saturated carbocycles. The molecule has 3 aromatic heterocycles. The summed E-state index contributed by atoms with van der Waals surface area (Å²) in [6.45, 7) is 3.98. The Morgan fingerprint density at radius 2 is 2.06 bits per heavy atom. The SMILES string of the molecule is Cc1cnn(-c2cc(C)nc3ccnn23)c1. The summed E-state index contributed by atoms with van der Waals surface area (Å²) >= 11 is 0. The van der Waals surface area contributed by atoms with Crippen molar-refractivity contribution in [2.75, 3.05) is 0 Å². The first-order valence-electron chi connectivity index (χ1n) is 5.07. The second-order valence-electron chi connectivity index (χ2n) is 3.82. The van der Waals surface area contributed by atoms with Gasteiger partial charge in [-0.05, 0) is 19.4 Å². The normalized spacial score (nSPS) is 11.1. The zero-order valence-corrected chi connectivity index (χ0v) is 9.12. The quantitative estimate of drug-likeness (QED) is 0.616. The number of aryl methyl sites for hydroxylation is 2. The zero-order valence-electron chi connectivity index (χ0n) is 9.12. The van der Waals surface area contributed by atoms with Crippen molar-refractivity contribution in [3.8, 4) is 5.82 Å². The Morgan fingerprint density at radius 3 is 2.81 bits per heavy atom. The van der Waals surface area contributed by atoms with Crippen molar-refractivity contribution in [1.82, 2.24) is 24.4 Å². The fraction of sp³-hybridized carbons (Fsp3) is 0.182. The first-order valence-corrected chi connectivity index (χ1v) is 5.07.